The first-order valence-corrected chi connectivity index (χ1v) is 9.38. The third-order valence-corrected chi connectivity index (χ3v) is 4.82. The second kappa shape index (κ2) is 9.31. The van der Waals surface area contributed by atoms with E-state index in [-0.39, 0.29) is 30.0 Å². The Hall–Kier alpha value is -2.95. The molecule has 3 nitrogen and oxygen atoms in total. The van der Waals surface area contributed by atoms with E-state index in [1.807, 2.05) is 6.07 Å². The fraction of sp³-hybridized carbons (Fsp3) is 0.261. The van der Waals surface area contributed by atoms with Crippen LogP contribution in [0, 0.1) is 11.6 Å². The molecule has 1 atom stereocenters. The van der Waals surface area contributed by atoms with Gasteiger partial charge in [-0.3, -0.25) is 4.79 Å². The van der Waals surface area contributed by atoms with E-state index in [1.165, 1.54) is 18.2 Å². The normalized spacial score (nSPS) is 12.0. The van der Waals surface area contributed by atoms with E-state index in [1.54, 1.807) is 54.5 Å². The van der Waals surface area contributed by atoms with Crippen molar-refractivity contribution in [1.29, 1.82) is 0 Å². The Morgan fingerprint density at radius 2 is 1.79 bits per heavy atom. The Morgan fingerprint density at radius 3 is 2.43 bits per heavy atom. The second-order valence-corrected chi connectivity index (χ2v) is 6.67. The largest absolute Gasteiger partial charge is 0.469 e. The lowest BCUT2D eigenvalue weighted by Gasteiger charge is -2.25. The number of carbonyl (C=O) groups is 1. The minimum atomic E-state index is -0.322. The topological polar surface area (TPSA) is 33.5 Å². The van der Waals surface area contributed by atoms with Crippen molar-refractivity contribution in [3.63, 3.8) is 0 Å². The molecule has 3 aromatic rings. The molecule has 0 radical (unpaired) electrons. The van der Waals surface area contributed by atoms with Gasteiger partial charge >= 0.3 is 0 Å². The summed E-state index contributed by atoms with van der Waals surface area (Å²) in [5, 5.41) is 0. The Bertz CT molecular complexity index is 891. The van der Waals surface area contributed by atoms with Crippen LogP contribution < -0.4 is 0 Å². The van der Waals surface area contributed by atoms with Gasteiger partial charge < -0.3 is 9.32 Å². The van der Waals surface area contributed by atoms with Crippen LogP contribution in [-0.4, -0.2) is 17.4 Å². The van der Waals surface area contributed by atoms with Gasteiger partial charge in [0.2, 0.25) is 5.91 Å². The number of rotatable bonds is 8. The van der Waals surface area contributed by atoms with Crippen LogP contribution in [0.2, 0.25) is 0 Å². The molecule has 146 valence electrons. The number of nitrogens with zero attached hydrogens (tertiary/aromatic N) is 1. The van der Waals surface area contributed by atoms with Gasteiger partial charge in [-0.1, -0.05) is 37.3 Å². The molecule has 2 aromatic carbocycles. The van der Waals surface area contributed by atoms with Crippen molar-refractivity contribution in [3.8, 4) is 0 Å². The molecule has 5 heteroatoms. The maximum absolute atomic E-state index is 14.1. The lowest BCUT2D eigenvalue weighted by atomic mass is 9.93. The molecule has 0 bridgehead atoms. The van der Waals surface area contributed by atoms with E-state index in [0.717, 1.165) is 11.3 Å². The molecule has 1 amide bonds. The zero-order valence-electron chi connectivity index (χ0n) is 15.8. The maximum atomic E-state index is 14.1. The Balaban J connectivity index is 1.79. The Morgan fingerprint density at radius 1 is 1.04 bits per heavy atom. The lowest BCUT2D eigenvalue weighted by Crippen LogP contribution is -2.32. The van der Waals surface area contributed by atoms with Gasteiger partial charge in [-0.25, -0.2) is 8.78 Å². The highest BCUT2D eigenvalue weighted by atomic mass is 19.1. The average Bonchev–Trinajstić information content (AvgIpc) is 3.24. The summed E-state index contributed by atoms with van der Waals surface area (Å²) < 4.78 is 33.0. The van der Waals surface area contributed by atoms with Gasteiger partial charge in [-0.05, 0) is 42.3 Å². The van der Waals surface area contributed by atoms with E-state index in [2.05, 4.69) is 0 Å². The van der Waals surface area contributed by atoms with Crippen molar-refractivity contribution in [2.24, 2.45) is 0 Å². The Labute approximate surface area is 163 Å². The van der Waals surface area contributed by atoms with Crippen molar-refractivity contribution in [2.75, 3.05) is 6.54 Å². The fourth-order valence-electron chi connectivity index (χ4n) is 3.29. The van der Waals surface area contributed by atoms with Crippen LogP contribution in [0.5, 0.6) is 0 Å². The number of carbonyl (C=O) groups excluding carboxylic acids is 1. The van der Waals surface area contributed by atoms with Gasteiger partial charge in [-0.2, -0.15) is 0 Å². The smallest absolute Gasteiger partial charge is 0.222 e. The minimum Gasteiger partial charge on any atom is -0.469 e. The molecule has 3 rings (SSSR count). The predicted octanol–water partition coefficient (Wildman–Crippen LogP) is 5.52. The molecule has 0 saturated heterocycles. The van der Waals surface area contributed by atoms with Crippen LogP contribution in [0.4, 0.5) is 8.78 Å². The van der Waals surface area contributed by atoms with Crippen LogP contribution in [-0.2, 0) is 11.3 Å². The standard InChI is InChI=1S/C23H23F2NO2/c1-2-23(27)26(16-18-6-3-4-7-21(18)25)14-13-20(22-8-5-15-28-22)17-9-11-19(24)12-10-17/h3-12,15,20H,2,13-14,16H2,1H3/t20-/m1/s1. The molecule has 28 heavy (non-hydrogen) atoms. The lowest BCUT2D eigenvalue weighted by molar-refractivity contribution is -0.131. The van der Waals surface area contributed by atoms with E-state index in [4.69, 9.17) is 4.42 Å². The summed E-state index contributed by atoms with van der Waals surface area (Å²) in [6, 6.07) is 16.4. The van der Waals surface area contributed by atoms with E-state index >= 15 is 0 Å². The van der Waals surface area contributed by atoms with Crippen LogP contribution >= 0.6 is 0 Å². The quantitative estimate of drug-likeness (QED) is 0.513. The fourth-order valence-corrected chi connectivity index (χ4v) is 3.29. The number of benzene rings is 2. The summed E-state index contributed by atoms with van der Waals surface area (Å²) >= 11 is 0. The summed E-state index contributed by atoms with van der Waals surface area (Å²) in [4.78, 5) is 14.1. The predicted molar refractivity (Wildman–Crippen MR) is 104 cm³/mol. The van der Waals surface area contributed by atoms with Gasteiger partial charge in [0.15, 0.2) is 0 Å². The number of amides is 1. The first-order chi connectivity index (χ1) is 13.6. The average molecular weight is 383 g/mol. The summed E-state index contributed by atoms with van der Waals surface area (Å²) in [6.07, 6.45) is 2.52. The molecule has 0 aliphatic heterocycles. The molecular formula is C23H23F2NO2. The van der Waals surface area contributed by atoms with Crippen LogP contribution in [0.1, 0.15) is 42.6 Å². The van der Waals surface area contributed by atoms with Gasteiger partial charge in [-0.15, -0.1) is 0 Å². The van der Waals surface area contributed by atoms with Crippen LogP contribution in [0.25, 0.3) is 0 Å². The van der Waals surface area contributed by atoms with E-state index < -0.39 is 0 Å². The van der Waals surface area contributed by atoms with Gasteiger partial charge in [0.1, 0.15) is 17.4 Å². The molecule has 0 N–H and O–H groups in total. The highest BCUT2D eigenvalue weighted by Crippen LogP contribution is 2.29. The van der Waals surface area contributed by atoms with Crippen molar-refractivity contribution in [3.05, 3.63) is 95.4 Å². The highest BCUT2D eigenvalue weighted by Gasteiger charge is 2.21. The summed E-state index contributed by atoms with van der Waals surface area (Å²) in [5.41, 5.74) is 1.40. The maximum Gasteiger partial charge on any atom is 0.222 e. The highest BCUT2D eigenvalue weighted by molar-refractivity contribution is 5.75. The SMILES string of the molecule is CCC(=O)N(CC[C@H](c1ccc(F)cc1)c1ccco1)Cc1ccccc1F. The van der Waals surface area contributed by atoms with Crippen molar-refractivity contribution in [2.45, 2.75) is 32.2 Å². The summed E-state index contributed by atoms with van der Waals surface area (Å²) in [7, 11) is 0. The number of hydrogen-bond acceptors (Lipinski definition) is 2. The number of halogens is 2. The molecule has 0 saturated carbocycles. The summed E-state index contributed by atoms with van der Waals surface area (Å²) in [6.45, 7) is 2.44. The van der Waals surface area contributed by atoms with Crippen molar-refractivity contribution < 1.29 is 18.0 Å². The molecule has 0 unspecified atom stereocenters. The van der Waals surface area contributed by atoms with Gasteiger partial charge in [0.25, 0.3) is 0 Å². The molecular weight excluding hydrogens is 360 g/mol. The first-order valence-electron chi connectivity index (χ1n) is 9.38. The zero-order chi connectivity index (χ0) is 19.9. The Kier molecular flexibility index (Phi) is 6.58. The van der Waals surface area contributed by atoms with Crippen molar-refractivity contribution in [1.82, 2.24) is 4.90 Å². The first kappa shape index (κ1) is 19.8. The molecule has 0 spiro atoms. The number of hydrogen-bond donors (Lipinski definition) is 0. The van der Waals surface area contributed by atoms with Gasteiger partial charge in [0, 0.05) is 31.0 Å². The summed E-state index contributed by atoms with van der Waals surface area (Å²) in [5.74, 6) is -0.0351. The van der Waals surface area contributed by atoms with E-state index in [0.29, 0.717) is 24.9 Å². The van der Waals surface area contributed by atoms with E-state index in [9.17, 15) is 13.6 Å². The monoisotopic (exact) mass is 383 g/mol. The van der Waals surface area contributed by atoms with Crippen LogP contribution in [0.3, 0.4) is 0 Å². The van der Waals surface area contributed by atoms with Crippen LogP contribution in [0.15, 0.2) is 71.3 Å². The second-order valence-electron chi connectivity index (χ2n) is 6.67. The molecule has 0 aliphatic carbocycles. The third-order valence-electron chi connectivity index (χ3n) is 4.82. The molecule has 1 aromatic heterocycles. The van der Waals surface area contributed by atoms with Crippen molar-refractivity contribution >= 4 is 5.91 Å². The minimum absolute atomic E-state index is 0.0412. The molecule has 0 aliphatic rings. The zero-order valence-corrected chi connectivity index (χ0v) is 15.8. The third kappa shape index (κ3) is 4.85. The molecule has 1 heterocycles. The number of furan rings is 1. The van der Waals surface area contributed by atoms with Gasteiger partial charge in [0.05, 0.1) is 6.26 Å². The molecule has 0 fully saturated rings.